The average molecular weight is 419 g/mol. The number of nitrogens with zero attached hydrogens (tertiary/aromatic N) is 2. The first-order valence-electron chi connectivity index (χ1n) is 10.7. The lowest BCUT2D eigenvalue weighted by molar-refractivity contribution is 0.0171. The maximum absolute atomic E-state index is 13.0. The highest BCUT2D eigenvalue weighted by molar-refractivity contribution is 5.79. The number of benzene rings is 1. The monoisotopic (exact) mass is 418 g/mol. The number of aliphatic imine (C=N–C) groups is 1. The smallest absolute Gasteiger partial charge is 0.226 e. The Kier molecular flexibility index (Phi) is 9.11. The molecule has 0 spiro atoms. The summed E-state index contributed by atoms with van der Waals surface area (Å²) < 4.78 is 29.8. The maximum atomic E-state index is 13.0. The second-order valence-electron chi connectivity index (χ2n) is 7.15. The number of oxazole rings is 1. The Morgan fingerprint density at radius 1 is 1.30 bits per heavy atom. The summed E-state index contributed by atoms with van der Waals surface area (Å²) in [4.78, 5) is 9.04. The molecule has 0 aliphatic carbocycles. The lowest BCUT2D eigenvalue weighted by Crippen LogP contribution is -2.38. The third-order valence-corrected chi connectivity index (χ3v) is 4.71. The molecule has 2 aromatic rings. The van der Waals surface area contributed by atoms with Crippen LogP contribution in [-0.2, 0) is 15.9 Å². The van der Waals surface area contributed by atoms with Gasteiger partial charge in [-0.1, -0.05) is 0 Å². The van der Waals surface area contributed by atoms with Crippen molar-refractivity contribution in [2.45, 2.75) is 38.7 Å². The van der Waals surface area contributed by atoms with Crippen LogP contribution in [0.15, 0.2) is 39.9 Å². The molecule has 1 aromatic carbocycles. The Balaban J connectivity index is 1.35. The maximum Gasteiger partial charge on any atom is 0.226 e. The van der Waals surface area contributed by atoms with Crippen LogP contribution in [0.2, 0.25) is 0 Å². The Morgan fingerprint density at radius 2 is 2.17 bits per heavy atom. The van der Waals surface area contributed by atoms with Gasteiger partial charge in [-0.05, 0) is 50.5 Å². The Morgan fingerprint density at radius 3 is 2.93 bits per heavy atom. The molecule has 0 radical (unpaired) electrons. The molecular weight excluding hydrogens is 387 g/mol. The molecule has 2 N–H and O–H groups in total. The van der Waals surface area contributed by atoms with Crippen molar-refractivity contribution >= 4 is 5.96 Å². The van der Waals surface area contributed by atoms with Crippen LogP contribution in [-0.4, -0.2) is 56.5 Å². The summed E-state index contributed by atoms with van der Waals surface area (Å²) in [5, 5.41) is 6.55. The molecule has 0 saturated carbocycles. The van der Waals surface area contributed by atoms with Gasteiger partial charge in [-0.25, -0.2) is 9.37 Å². The molecule has 1 atom stereocenters. The molecule has 1 saturated heterocycles. The number of nitrogens with one attached hydrogen (secondary N) is 2. The van der Waals surface area contributed by atoms with Crippen molar-refractivity contribution in [2.75, 3.05) is 39.5 Å². The van der Waals surface area contributed by atoms with Gasteiger partial charge in [-0.3, -0.25) is 4.99 Å². The second-order valence-corrected chi connectivity index (χ2v) is 7.15. The number of hydrogen-bond donors (Lipinski definition) is 2. The van der Waals surface area contributed by atoms with Gasteiger partial charge in [0.25, 0.3) is 0 Å². The van der Waals surface area contributed by atoms with Crippen LogP contribution in [0.25, 0.3) is 11.5 Å². The lowest BCUT2D eigenvalue weighted by atomic mass is 10.2. The van der Waals surface area contributed by atoms with Crippen molar-refractivity contribution in [1.82, 2.24) is 15.6 Å². The molecule has 7 nitrogen and oxygen atoms in total. The van der Waals surface area contributed by atoms with Gasteiger partial charge >= 0.3 is 0 Å². The van der Waals surface area contributed by atoms with Crippen LogP contribution in [0.4, 0.5) is 4.39 Å². The molecule has 1 unspecified atom stereocenters. The fraction of sp³-hybridized carbons (Fsp3) is 0.545. The van der Waals surface area contributed by atoms with E-state index in [1.807, 2.05) is 6.92 Å². The molecule has 1 aliphatic heterocycles. The van der Waals surface area contributed by atoms with Crippen molar-refractivity contribution in [2.24, 2.45) is 4.99 Å². The standard InChI is InChI=1S/C22H31FN4O3/c1-2-24-22(25-11-4-13-28-16-20-5-3-14-29-20)26-12-10-19-15-30-21(27-19)17-6-8-18(23)9-7-17/h6-9,15,20H,2-5,10-14,16H2,1H3,(H2,24,25,26). The van der Waals surface area contributed by atoms with Crippen LogP contribution in [0.5, 0.6) is 0 Å². The topological polar surface area (TPSA) is 80.9 Å². The van der Waals surface area contributed by atoms with Crippen LogP contribution >= 0.6 is 0 Å². The molecule has 8 heteroatoms. The first kappa shape index (κ1) is 22.2. The van der Waals surface area contributed by atoms with E-state index in [2.05, 4.69) is 20.6 Å². The third-order valence-electron chi connectivity index (χ3n) is 4.71. The largest absolute Gasteiger partial charge is 0.444 e. The van der Waals surface area contributed by atoms with Crippen molar-refractivity contribution in [1.29, 1.82) is 0 Å². The van der Waals surface area contributed by atoms with E-state index in [4.69, 9.17) is 13.9 Å². The molecule has 2 heterocycles. The van der Waals surface area contributed by atoms with E-state index in [0.717, 1.165) is 49.6 Å². The predicted molar refractivity (Wildman–Crippen MR) is 114 cm³/mol. The van der Waals surface area contributed by atoms with E-state index in [1.165, 1.54) is 12.1 Å². The zero-order chi connectivity index (χ0) is 21.0. The fourth-order valence-corrected chi connectivity index (χ4v) is 3.15. The molecule has 30 heavy (non-hydrogen) atoms. The summed E-state index contributed by atoms with van der Waals surface area (Å²) in [7, 11) is 0. The van der Waals surface area contributed by atoms with E-state index < -0.39 is 0 Å². The van der Waals surface area contributed by atoms with Gasteiger partial charge in [0.15, 0.2) is 5.96 Å². The first-order valence-corrected chi connectivity index (χ1v) is 10.7. The fourth-order valence-electron chi connectivity index (χ4n) is 3.15. The van der Waals surface area contributed by atoms with Gasteiger partial charge in [0.05, 0.1) is 18.4 Å². The van der Waals surface area contributed by atoms with Gasteiger partial charge in [-0.2, -0.15) is 0 Å². The highest BCUT2D eigenvalue weighted by atomic mass is 19.1. The highest BCUT2D eigenvalue weighted by Crippen LogP contribution is 2.19. The normalized spacial score (nSPS) is 16.7. The number of aromatic nitrogens is 1. The first-order chi connectivity index (χ1) is 14.7. The zero-order valence-corrected chi connectivity index (χ0v) is 17.5. The van der Waals surface area contributed by atoms with Gasteiger partial charge in [-0.15, -0.1) is 0 Å². The minimum absolute atomic E-state index is 0.271. The quantitative estimate of drug-likeness (QED) is 0.331. The van der Waals surface area contributed by atoms with Gasteiger partial charge in [0.1, 0.15) is 12.1 Å². The van der Waals surface area contributed by atoms with Crippen LogP contribution in [0.3, 0.4) is 0 Å². The van der Waals surface area contributed by atoms with Crippen molar-refractivity contribution in [3.8, 4) is 11.5 Å². The summed E-state index contributed by atoms with van der Waals surface area (Å²) in [6.07, 6.45) is 5.71. The minimum Gasteiger partial charge on any atom is -0.444 e. The van der Waals surface area contributed by atoms with Crippen molar-refractivity contribution < 1.29 is 18.3 Å². The number of halogens is 1. The minimum atomic E-state index is -0.278. The predicted octanol–water partition coefficient (Wildman–Crippen LogP) is 3.16. The van der Waals surface area contributed by atoms with E-state index in [0.29, 0.717) is 38.6 Å². The summed E-state index contributed by atoms with van der Waals surface area (Å²) >= 11 is 0. The number of rotatable bonds is 11. The number of hydrogen-bond acceptors (Lipinski definition) is 5. The Labute approximate surface area is 177 Å². The summed E-state index contributed by atoms with van der Waals surface area (Å²) in [5.74, 6) is 0.992. The summed E-state index contributed by atoms with van der Waals surface area (Å²) in [6, 6.07) is 6.11. The van der Waals surface area contributed by atoms with E-state index in [9.17, 15) is 4.39 Å². The van der Waals surface area contributed by atoms with E-state index >= 15 is 0 Å². The number of guanidine groups is 1. The summed E-state index contributed by atoms with van der Waals surface area (Å²) in [5.41, 5.74) is 1.59. The van der Waals surface area contributed by atoms with Gasteiger partial charge in [0, 0.05) is 44.8 Å². The van der Waals surface area contributed by atoms with Crippen molar-refractivity contribution in [3.63, 3.8) is 0 Å². The molecule has 164 valence electrons. The van der Waals surface area contributed by atoms with E-state index in [-0.39, 0.29) is 11.9 Å². The van der Waals surface area contributed by atoms with Gasteiger partial charge in [0.2, 0.25) is 5.89 Å². The molecular formula is C22H31FN4O3. The summed E-state index contributed by atoms with van der Waals surface area (Å²) in [6.45, 7) is 6.43. The molecule has 3 rings (SSSR count). The third kappa shape index (κ3) is 7.42. The van der Waals surface area contributed by atoms with Crippen LogP contribution < -0.4 is 10.6 Å². The van der Waals surface area contributed by atoms with Crippen LogP contribution in [0, 0.1) is 5.82 Å². The van der Waals surface area contributed by atoms with Crippen molar-refractivity contribution in [3.05, 3.63) is 42.0 Å². The molecule has 0 amide bonds. The SMILES string of the molecule is CCNC(=NCCCOCC1CCCO1)NCCc1coc(-c2ccc(F)cc2)n1. The molecule has 1 aromatic heterocycles. The second kappa shape index (κ2) is 12.3. The molecule has 1 aliphatic rings. The molecule has 1 fully saturated rings. The Hall–Kier alpha value is -2.45. The van der Waals surface area contributed by atoms with E-state index in [1.54, 1.807) is 18.4 Å². The highest BCUT2D eigenvalue weighted by Gasteiger charge is 2.14. The van der Waals surface area contributed by atoms with Gasteiger partial charge < -0.3 is 24.5 Å². The lowest BCUT2D eigenvalue weighted by Gasteiger charge is -2.11. The Bertz CT molecular complexity index is 773. The molecule has 0 bridgehead atoms. The van der Waals surface area contributed by atoms with Crippen LogP contribution in [0.1, 0.15) is 31.9 Å². The average Bonchev–Trinajstić information content (AvgIpc) is 3.43. The zero-order valence-electron chi connectivity index (χ0n) is 17.5. The number of ether oxygens (including phenoxy) is 2.